The van der Waals surface area contributed by atoms with Gasteiger partial charge in [0, 0.05) is 18.2 Å². The molecule has 1 fully saturated rings. The molecule has 1 saturated heterocycles. The van der Waals surface area contributed by atoms with Gasteiger partial charge in [-0.25, -0.2) is 0 Å². The number of halogens is 5. The van der Waals surface area contributed by atoms with Crippen LogP contribution in [0.1, 0.15) is 29.7 Å². The number of furan rings is 1. The normalized spacial score (nSPS) is 15.1. The number of nitrogens with one attached hydrogen (secondary N) is 1. The minimum absolute atomic E-state index is 0. The van der Waals surface area contributed by atoms with Gasteiger partial charge in [-0.1, -0.05) is 42.5 Å². The third kappa shape index (κ3) is 7.01. The number of rotatable bonds is 6. The van der Waals surface area contributed by atoms with Crippen LogP contribution < -0.4 is 5.32 Å². The zero-order valence-corrected chi connectivity index (χ0v) is 19.1. The first-order valence-corrected chi connectivity index (χ1v) is 10.2. The van der Waals surface area contributed by atoms with Gasteiger partial charge in [0.25, 0.3) is 0 Å². The number of alkyl halides is 3. The van der Waals surface area contributed by atoms with E-state index in [1.165, 1.54) is 11.6 Å². The minimum atomic E-state index is -4.36. The lowest BCUT2D eigenvalue weighted by Crippen LogP contribution is -2.41. The van der Waals surface area contributed by atoms with Crippen molar-refractivity contribution < 1.29 is 17.6 Å². The maximum absolute atomic E-state index is 12.9. The highest BCUT2D eigenvalue weighted by atomic mass is 35.5. The molecular weight excluding hydrogens is 460 g/mol. The van der Waals surface area contributed by atoms with Gasteiger partial charge in [0.2, 0.25) is 0 Å². The quantitative estimate of drug-likeness (QED) is 0.427. The summed E-state index contributed by atoms with van der Waals surface area (Å²) >= 11 is 0. The highest BCUT2D eigenvalue weighted by molar-refractivity contribution is 5.85. The molecule has 1 N–H and O–H groups in total. The van der Waals surface area contributed by atoms with Crippen LogP contribution in [0.2, 0.25) is 0 Å². The third-order valence-corrected chi connectivity index (χ3v) is 5.54. The van der Waals surface area contributed by atoms with E-state index in [4.69, 9.17) is 4.42 Å². The molecule has 0 atom stereocenters. The van der Waals surface area contributed by atoms with Crippen molar-refractivity contribution in [3.63, 3.8) is 0 Å². The molecule has 3 aromatic rings. The molecule has 0 aliphatic carbocycles. The van der Waals surface area contributed by atoms with Crippen LogP contribution >= 0.6 is 24.8 Å². The topological polar surface area (TPSA) is 28.4 Å². The van der Waals surface area contributed by atoms with Gasteiger partial charge in [-0.15, -0.1) is 24.8 Å². The molecule has 0 amide bonds. The van der Waals surface area contributed by atoms with Gasteiger partial charge in [0.05, 0.1) is 12.1 Å². The Morgan fingerprint density at radius 2 is 1.62 bits per heavy atom. The lowest BCUT2D eigenvalue weighted by molar-refractivity contribution is -0.137. The highest BCUT2D eigenvalue weighted by Crippen LogP contribution is 2.32. The zero-order valence-electron chi connectivity index (χ0n) is 17.5. The second-order valence-electron chi connectivity index (χ2n) is 7.76. The van der Waals surface area contributed by atoms with Crippen molar-refractivity contribution in [3.05, 3.63) is 83.6 Å². The van der Waals surface area contributed by atoms with E-state index in [1.807, 2.05) is 12.1 Å². The second-order valence-corrected chi connectivity index (χ2v) is 7.76. The molecular formula is C24H27Cl2F3N2O. The molecule has 174 valence electrons. The monoisotopic (exact) mass is 486 g/mol. The van der Waals surface area contributed by atoms with Crippen LogP contribution in [0.25, 0.3) is 11.3 Å². The van der Waals surface area contributed by atoms with Gasteiger partial charge in [-0.2, -0.15) is 13.2 Å². The standard InChI is InChI=1S/C24H25F3N2O.2ClH/c25-24(26,27)20-8-4-7-19(15-20)23-10-9-22(30-23)16-28-21-11-13-29(14-12-21)17-18-5-2-1-3-6-18;;/h1-10,15,21,28H,11-14,16-17H2;2*1H. The van der Waals surface area contributed by atoms with E-state index in [-0.39, 0.29) is 24.8 Å². The largest absolute Gasteiger partial charge is 0.460 e. The van der Waals surface area contributed by atoms with E-state index in [2.05, 4.69) is 34.5 Å². The molecule has 1 aliphatic rings. The molecule has 1 aliphatic heterocycles. The summed E-state index contributed by atoms with van der Waals surface area (Å²) in [5, 5.41) is 3.52. The molecule has 8 heteroatoms. The number of benzene rings is 2. The zero-order chi connectivity index (χ0) is 21.0. The Bertz CT molecular complexity index is 955. The summed E-state index contributed by atoms with van der Waals surface area (Å²) in [6.07, 6.45) is -2.23. The molecule has 4 rings (SSSR count). The predicted octanol–water partition coefficient (Wildman–Crippen LogP) is 6.56. The van der Waals surface area contributed by atoms with Crippen molar-refractivity contribution in [1.82, 2.24) is 10.2 Å². The van der Waals surface area contributed by atoms with Crippen LogP contribution in [0, 0.1) is 0 Å². The lowest BCUT2D eigenvalue weighted by Gasteiger charge is -2.32. The molecule has 0 bridgehead atoms. The van der Waals surface area contributed by atoms with E-state index in [0.29, 0.717) is 23.9 Å². The van der Waals surface area contributed by atoms with Crippen molar-refractivity contribution in [2.75, 3.05) is 13.1 Å². The molecule has 3 nitrogen and oxygen atoms in total. The third-order valence-electron chi connectivity index (χ3n) is 5.54. The first kappa shape index (κ1) is 26.3. The Morgan fingerprint density at radius 3 is 2.31 bits per heavy atom. The summed E-state index contributed by atoms with van der Waals surface area (Å²) in [5.41, 5.74) is 1.10. The Hall–Kier alpha value is -1.99. The number of likely N-dealkylation sites (tertiary alicyclic amines) is 1. The molecule has 1 aromatic heterocycles. The van der Waals surface area contributed by atoms with E-state index >= 15 is 0 Å². The maximum Gasteiger partial charge on any atom is 0.416 e. The van der Waals surface area contributed by atoms with Crippen LogP contribution in [0.5, 0.6) is 0 Å². The number of piperidine rings is 1. The van der Waals surface area contributed by atoms with Crippen molar-refractivity contribution in [2.24, 2.45) is 0 Å². The molecule has 32 heavy (non-hydrogen) atoms. The average molecular weight is 487 g/mol. The van der Waals surface area contributed by atoms with E-state index in [1.54, 1.807) is 12.1 Å². The van der Waals surface area contributed by atoms with Crippen LogP contribution in [-0.4, -0.2) is 24.0 Å². The van der Waals surface area contributed by atoms with Gasteiger partial charge in [-0.3, -0.25) is 4.90 Å². The van der Waals surface area contributed by atoms with Gasteiger partial charge in [0.15, 0.2) is 0 Å². The van der Waals surface area contributed by atoms with Crippen LogP contribution in [0.15, 0.2) is 71.1 Å². The summed E-state index contributed by atoms with van der Waals surface area (Å²) < 4.78 is 44.6. The Morgan fingerprint density at radius 1 is 0.906 bits per heavy atom. The number of hydrogen-bond acceptors (Lipinski definition) is 3. The van der Waals surface area contributed by atoms with Crippen molar-refractivity contribution >= 4 is 24.8 Å². The van der Waals surface area contributed by atoms with Crippen LogP contribution in [0.4, 0.5) is 13.2 Å². The van der Waals surface area contributed by atoms with E-state index < -0.39 is 11.7 Å². The molecule has 0 radical (unpaired) electrons. The predicted molar refractivity (Wildman–Crippen MR) is 125 cm³/mol. The summed E-state index contributed by atoms with van der Waals surface area (Å²) in [7, 11) is 0. The van der Waals surface area contributed by atoms with Crippen molar-refractivity contribution in [3.8, 4) is 11.3 Å². The van der Waals surface area contributed by atoms with Crippen LogP contribution in [0.3, 0.4) is 0 Å². The van der Waals surface area contributed by atoms with Gasteiger partial charge < -0.3 is 9.73 Å². The fourth-order valence-corrected chi connectivity index (χ4v) is 3.86. The Balaban J connectivity index is 0.00000181. The number of nitrogens with zero attached hydrogens (tertiary/aromatic N) is 1. The summed E-state index contributed by atoms with van der Waals surface area (Å²) in [4.78, 5) is 2.46. The fraction of sp³-hybridized carbons (Fsp3) is 0.333. The highest BCUT2D eigenvalue weighted by Gasteiger charge is 2.30. The van der Waals surface area contributed by atoms with E-state index in [0.717, 1.165) is 50.4 Å². The molecule has 0 saturated carbocycles. The van der Waals surface area contributed by atoms with Crippen LogP contribution in [-0.2, 0) is 19.3 Å². The smallest absolute Gasteiger partial charge is 0.416 e. The maximum atomic E-state index is 12.9. The Kier molecular flexibility index (Phi) is 9.64. The Labute approximate surface area is 198 Å². The minimum Gasteiger partial charge on any atom is -0.460 e. The molecule has 0 unspecified atom stereocenters. The second kappa shape index (κ2) is 11.8. The first-order chi connectivity index (χ1) is 14.5. The lowest BCUT2D eigenvalue weighted by atomic mass is 10.0. The first-order valence-electron chi connectivity index (χ1n) is 10.2. The van der Waals surface area contributed by atoms with Crippen molar-refractivity contribution in [1.29, 1.82) is 0 Å². The summed E-state index contributed by atoms with van der Waals surface area (Å²) in [5.74, 6) is 1.18. The molecule has 0 spiro atoms. The van der Waals surface area contributed by atoms with E-state index in [9.17, 15) is 13.2 Å². The van der Waals surface area contributed by atoms with Gasteiger partial charge >= 0.3 is 6.18 Å². The van der Waals surface area contributed by atoms with Gasteiger partial charge in [-0.05, 0) is 55.8 Å². The van der Waals surface area contributed by atoms with Gasteiger partial charge in [0.1, 0.15) is 11.5 Å². The average Bonchev–Trinajstić information content (AvgIpc) is 3.23. The summed E-state index contributed by atoms with van der Waals surface area (Å²) in [6, 6.07) is 19.7. The summed E-state index contributed by atoms with van der Waals surface area (Å²) in [6.45, 7) is 3.63. The molecule has 2 heterocycles. The van der Waals surface area contributed by atoms with Crippen molar-refractivity contribution in [2.45, 2.75) is 38.1 Å². The SMILES string of the molecule is Cl.Cl.FC(F)(F)c1cccc(-c2ccc(CNC3CCN(Cc4ccccc4)CC3)o2)c1. The fourth-order valence-electron chi connectivity index (χ4n) is 3.86. The number of hydrogen-bond donors (Lipinski definition) is 1. The molecule has 2 aromatic carbocycles.